The van der Waals surface area contributed by atoms with Crippen LogP contribution in [-0.2, 0) is 3.79 Å². The summed E-state index contributed by atoms with van der Waals surface area (Å²) < 4.78 is -0.0304. The minimum absolute atomic E-state index is 0.234. The molecule has 80 valence electrons. The van der Waals surface area contributed by atoms with Gasteiger partial charge in [-0.2, -0.15) is 0 Å². The molecule has 0 saturated carbocycles. The summed E-state index contributed by atoms with van der Waals surface area (Å²) >= 11 is 17.3. The Kier molecular flexibility index (Phi) is 2.45. The molecule has 0 unspecified atom stereocenters. The number of nitrogen functional groups attached to an aromatic ring is 1. The molecule has 0 bridgehead atoms. The molecule has 2 aromatic rings. The third-order valence-electron chi connectivity index (χ3n) is 1.96. The normalized spacial score (nSPS) is 12.3. The highest BCUT2D eigenvalue weighted by Crippen LogP contribution is 2.37. The standard InChI is InChI=1S/C8H7Cl3N4/c1-4-2-5(12)3-15-6(4)13-14-7(15)8(9,10)11/h2-3H,12H2,1H3. The summed E-state index contributed by atoms with van der Waals surface area (Å²) in [6.07, 6.45) is 1.62. The molecule has 0 spiro atoms. The molecule has 0 radical (unpaired) electrons. The lowest BCUT2D eigenvalue weighted by Gasteiger charge is -2.08. The Morgan fingerprint density at radius 3 is 2.60 bits per heavy atom. The van der Waals surface area contributed by atoms with Gasteiger partial charge in [0.25, 0.3) is 3.79 Å². The van der Waals surface area contributed by atoms with E-state index in [0.29, 0.717) is 11.3 Å². The first-order chi connectivity index (χ1) is 6.89. The molecule has 7 heteroatoms. The number of nitrogens with two attached hydrogens (primary N) is 1. The topological polar surface area (TPSA) is 56.2 Å². The smallest absolute Gasteiger partial charge is 0.250 e. The Hall–Kier alpha value is -0.710. The van der Waals surface area contributed by atoms with Crippen LogP contribution in [0.2, 0.25) is 0 Å². The van der Waals surface area contributed by atoms with E-state index in [-0.39, 0.29) is 5.82 Å². The number of fused-ring (bicyclic) bond motifs is 1. The van der Waals surface area contributed by atoms with Gasteiger partial charge < -0.3 is 5.73 Å². The highest BCUT2D eigenvalue weighted by Gasteiger charge is 2.29. The molecule has 2 rings (SSSR count). The minimum Gasteiger partial charge on any atom is -0.398 e. The number of hydrogen-bond acceptors (Lipinski definition) is 3. The Balaban J connectivity index is 2.80. The highest BCUT2D eigenvalue weighted by molar-refractivity contribution is 6.66. The lowest BCUT2D eigenvalue weighted by Crippen LogP contribution is -2.07. The highest BCUT2D eigenvalue weighted by atomic mass is 35.6. The third-order valence-corrected chi connectivity index (χ3v) is 2.47. The second-order valence-electron chi connectivity index (χ2n) is 3.17. The van der Waals surface area contributed by atoms with Crippen molar-refractivity contribution in [2.24, 2.45) is 0 Å². The summed E-state index contributed by atoms with van der Waals surface area (Å²) in [5.41, 5.74) is 7.76. The summed E-state index contributed by atoms with van der Waals surface area (Å²) in [5, 5.41) is 7.76. The van der Waals surface area contributed by atoms with Crippen molar-refractivity contribution in [3.63, 3.8) is 0 Å². The zero-order valence-corrected chi connectivity index (χ0v) is 9.98. The van der Waals surface area contributed by atoms with E-state index in [1.54, 1.807) is 16.7 Å². The van der Waals surface area contributed by atoms with Crippen LogP contribution in [-0.4, -0.2) is 14.6 Å². The van der Waals surface area contributed by atoms with Crippen LogP contribution in [0.3, 0.4) is 0 Å². The maximum atomic E-state index is 5.75. The van der Waals surface area contributed by atoms with Crippen molar-refractivity contribution in [3.05, 3.63) is 23.7 Å². The van der Waals surface area contributed by atoms with Crippen molar-refractivity contribution in [1.82, 2.24) is 14.6 Å². The maximum absolute atomic E-state index is 5.75. The number of hydrogen-bond donors (Lipinski definition) is 1. The minimum atomic E-state index is -1.61. The van der Waals surface area contributed by atoms with Crippen molar-refractivity contribution in [1.29, 1.82) is 0 Å². The van der Waals surface area contributed by atoms with Crippen LogP contribution < -0.4 is 5.73 Å². The molecular formula is C8H7Cl3N4. The SMILES string of the molecule is Cc1cc(N)cn2c(C(Cl)(Cl)Cl)nnc12. The zero-order valence-electron chi connectivity index (χ0n) is 7.71. The zero-order chi connectivity index (χ0) is 11.2. The van der Waals surface area contributed by atoms with Crippen LogP contribution in [0.25, 0.3) is 5.65 Å². The summed E-state index contributed by atoms with van der Waals surface area (Å²) in [7, 11) is 0. The number of pyridine rings is 1. The third kappa shape index (κ3) is 1.85. The first-order valence-electron chi connectivity index (χ1n) is 4.07. The van der Waals surface area contributed by atoms with Crippen molar-refractivity contribution in [2.75, 3.05) is 5.73 Å². The fourth-order valence-electron chi connectivity index (χ4n) is 1.38. The fraction of sp³-hybridized carbons (Fsp3) is 0.250. The summed E-state index contributed by atoms with van der Waals surface area (Å²) in [4.78, 5) is 0. The largest absolute Gasteiger partial charge is 0.398 e. The monoisotopic (exact) mass is 264 g/mol. The quantitative estimate of drug-likeness (QED) is 0.744. The molecule has 0 atom stereocenters. The fourth-order valence-corrected chi connectivity index (χ4v) is 1.76. The predicted molar refractivity (Wildman–Crippen MR) is 61.4 cm³/mol. The Morgan fingerprint density at radius 1 is 1.33 bits per heavy atom. The molecule has 0 amide bonds. The van der Waals surface area contributed by atoms with Crippen LogP contribution >= 0.6 is 34.8 Å². The number of nitrogens with zero attached hydrogens (tertiary/aromatic N) is 3. The maximum Gasteiger partial charge on any atom is 0.250 e. The van der Waals surface area contributed by atoms with Crippen LogP contribution in [0.1, 0.15) is 11.4 Å². The number of anilines is 1. The molecule has 4 nitrogen and oxygen atoms in total. The van der Waals surface area contributed by atoms with Gasteiger partial charge in [-0.25, -0.2) is 0 Å². The van der Waals surface area contributed by atoms with Crippen molar-refractivity contribution in [2.45, 2.75) is 10.7 Å². The van der Waals surface area contributed by atoms with Crippen LogP contribution in [0.4, 0.5) is 5.69 Å². The van der Waals surface area contributed by atoms with E-state index >= 15 is 0 Å². The van der Waals surface area contributed by atoms with E-state index in [9.17, 15) is 0 Å². The molecule has 2 N–H and O–H groups in total. The second-order valence-corrected chi connectivity index (χ2v) is 5.45. The van der Waals surface area contributed by atoms with E-state index in [4.69, 9.17) is 40.5 Å². The van der Waals surface area contributed by atoms with Gasteiger partial charge in [0.2, 0.25) is 0 Å². The number of alkyl halides is 3. The number of aryl methyl sites for hydroxylation is 1. The first kappa shape index (κ1) is 10.8. The molecular weight excluding hydrogens is 258 g/mol. The first-order valence-corrected chi connectivity index (χ1v) is 5.21. The van der Waals surface area contributed by atoms with E-state index in [1.807, 2.05) is 6.92 Å². The Bertz CT molecular complexity index is 514. The van der Waals surface area contributed by atoms with Gasteiger partial charge in [0.1, 0.15) is 0 Å². The average molecular weight is 266 g/mol. The van der Waals surface area contributed by atoms with Crippen LogP contribution in [0.15, 0.2) is 12.3 Å². The van der Waals surface area contributed by atoms with Gasteiger partial charge in [-0.15, -0.1) is 10.2 Å². The van der Waals surface area contributed by atoms with E-state index in [2.05, 4.69) is 10.2 Å². The van der Waals surface area contributed by atoms with Crippen molar-refractivity contribution >= 4 is 46.1 Å². The molecule has 0 fully saturated rings. The van der Waals surface area contributed by atoms with Gasteiger partial charge in [-0.3, -0.25) is 4.40 Å². The molecule has 0 aromatic carbocycles. The van der Waals surface area contributed by atoms with E-state index < -0.39 is 3.79 Å². The van der Waals surface area contributed by atoms with Gasteiger partial charge in [0.15, 0.2) is 11.5 Å². The van der Waals surface area contributed by atoms with Gasteiger partial charge in [0, 0.05) is 11.9 Å². The summed E-state index contributed by atoms with van der Waals surface area (Å²) in [6.45, 7) is 1.86. The summed E-state index contributed by atoms with van der Waals surface area (Å²) in [6, 6.07) is 1.78. The van der Waals surface area contributed by atoms with Crippen molar-refractivity contribution < 1.29 is 0 Å². The molecule has 0 aliphatic rings. The van der Waals surface area contributed by atoms with E-state index in [0.717, 1.165) is 5.56 Å². The molecule has 2 aromatic heterocycles. The van der Waals surface area contributed by atoms with Crippen molar-refractivity contribution in [3.8, 4) is 0 Å². The Morgan fingerprint density at radius 2 is 2.00 bits per heavy atom. The van der Waals surface area contributed by atoms with Gasteiger partial charge in [-0.05, 0) is 18.6 Å². The Labute approximate surface area is 101 Å². The lowest BCUT2D eigenvalue weighted by atomic mass is 10.3. The van der Waals surface area contributed by atoms with Gasteiger partial charge in [-0.1, -0.05) is 34.8 Å². The number of rotatable bonds is 0. The van der Waals surface area contributed by atoms with Crippen LogP contribution in [0, 0.1) is 6.92 Å². The molecule has 15 heavy (non-hydrogen) atoms. The number of aromatic nitrogens is 3. The van der Waals surface area contributed by atoms with E-state index in [1.165, 1.54) is 0 Å². The summed E-state index contributed by atoms with van der Waals surface area (Å²) in [5.74, 6) is 0.234. The molecule has 0 aliphatic heterocycles. The lowest BCUT2D eigenvalue weighted by molar-refractivity contribution is 0.934. The van der Waals surface area contributed by atoms with Crippen LogP contribution in [0.5, 0.6) is 0 Å². The number of halogens is 3. The molecule has 2 heterocycles. The van der Waals surface area contributed by atoms with Gasteiger partial charge >= 0.3 is 0 Å². The molecule has 0 aliphatic carbocycles. The predicted octanol–water partition coefficient (Wildman–Crippen LogP) is 2.45. The van der Waals surface area contributed by atoms with Gasteiger partial charge in [0.05, 0.1) is 0 Å². The second kappa shape index (κ2) is 3.40. The average Bonchev–Trinajstić information content (AvgIpc) is 2.45. The molecule has 0 saturated heterocycles.